The molecule has 4 heteroatoms. The Hall–Kier alpha value is -0.513. The van der Waals surface area contributed by atoms with Crippen LogP contribution in [0.5, 0.6) is 0 Å². The third kappa shape index (κ3) is 5.49. The molecule has 0 aliphatic heterocycles. The van der Waals surface area contributed by atoms with Crippen molar-refractivity contribution in [2.24, 2.45) is 5.73 Å². The summed E-state index contributed by atoms with van der Waals surface area (Å²) < 4.78 is 4.46. The topological polar surface area (TPSA) is 52.3 Å². The van der Waals surface area contributed by atoms with Crippen LogP contribution in [0.2, 0.25) is 12.6 Å². The second-order valence-electron chi connectivity index (χ2n) is 1.52. The normalized spacial score (nSPS) is 10.1. The maximum absolute atomic E-state index is 9.89. The van der Waals surface area contributed by atoms with Gasteiger partial charge in [0.2, 0.25) is 0 Å². The van der Waals surface area contributed by atoms with Crippen molar-refractivity contribution in [1.82, 2.24) is 0 Å². The van der Waals surface area contributed by atoms with Gasteiger partial charge >= 0.3 is 6.09 Å². The molecule has 0 aromatic rings. The lowest BCUT2D eigenvalue weighted by Gasteiger charge is -1.95. The SMILES string of the molecule is C[SiH2]CCOC(N)=O. The lowest BCUT2D eigenvalue weighted by Crippen LogP contribution is -2.13. The average Bonchev–Trinajstić information content (AvgIpc) is 1.66. The summed E-state index contributed by atoms with van der Waals surface area (Å²) in [5.74, 6) is 0. The first kappa shape index (κ1) is 7.49. The Morgan fingerprint density at radius 3 is 2.88 bits per heavy atom. The van der Waals surface area contributed by atoms with E-state index in [0.29, 0.717) is 6.61 Å². The first-order valence-corrected chi connectivity index (χ1v) is 5.11. The lowest BCUT2D eigenvalue weighted by molar-refractivity contribution is 0.163. The van der Waals surface area contributed by atoms with Crippen molar-refractivity contribution in [2.75, 3.05) is 6.61 Å². The summed E-state index contributed by atoms with van der Waals surface area (Å²) in [6, 6.07) is 1.03. The Morgan fingerprint density at radius 2 is 2.50 bits per heavy atom. The minimum absolute atomic E-state index is 0.0382. The summed E-state index contributed by atoms with van der Waals surface area (Å²) in [7, 11) is 0.0382. The van der Waals surface area contributed by atoms with Crippen LogP contribution in [-0.2, 0) is 4.74 Å². The van der Waals surface area contributed by atoms with Gasteiger partial charge in [0, 0.05) is 9.52 Å². The van der Waals surface area contributed by atoms with E-state index in [1.165, 1.54) is 0 Å². The van der Waals surface area contributed by atoms with Crippen molar-refractivity contribution >= 4 is 15.6 Å². The van der Waals surface area contributed by atoms with E-state index < -0.39 is 6.09 Å². The van der Waals surface area contributed by atoms with Gasteiger partial charge in [0.1, 0.15) is 0 Å². The van der Waals surface area contributed by atoms with Gasteiger partial charge < -0.3 is 10.5 Å². The van der Waals surface area contributed by atoms with Crippen molar-refractivity contribution in [3.05, 3.63) is 0 Å². The minimum atomic E-state index is -0.660. The van der Waals surface area contributed by atoms with Crippen LogP contribution in [0, 0.1) is 0 Å². The molecule has 2 N–H and O–H groups in total. The summed E-state index contributed by atoms with van der Waals surface area (Å²) in [6.45, 7) is 2.67. The zero-order chi connectivity index (χ0) is 6.41. The van der Waals surface area contributed by atoms with E-state index in [2.05, 4.69) is 17.0 Å². The molecule has 8 heavy (non-hydrogen) atoms. The molecule has 0 radical (unpaired) electrons. The number of ether oxygens (including phenoxy) is 1. The quantitative estimate of drug-likeness (QED) is 0.425. The highest BCUT2D eigenvalue weighted by molar-refractivity contribution is 6.33. The zero-order valence-corrected chi connectivity index (χ0v) is 6.43. The summed E-state index contributed by atoms with van der Waals surface area (Å²) >= 11 is 0. The van der Waals surface area contributed by atoms with E-state index in [4.69, 9.17) is 0 Å². The van der Waals surface area contributed by atoms with Gasteiger partial charge in [0.05, 0.1) is 6.61 Å². The van der Waals surface area contributed by atoms with Crippen LogP contribution in [0.4, 0.5) is 4.79 Å². The zero-order valence-electron chi connectivity index (χ0n) is 5.02. The number of carbonyl (C=O) groups is 1. The smallest absolute Gasteiger partial charge is 0.404 e. The number of carbonyl (C=O) groups excluding carboxylic acids is 1. The molecule has 0 heterocycles. The monoisotopic (exact) mass is 133 g/mol. The molecule has 0 aromatic heterocycles. The van der Waals surface area contributed by atoms with Gasteiger partial charge in [-0.1, -0.05) is 6.55 Å². The third-order valence-electron chi connectivity index (χ3n) is 0.742. The Bertz CT molecular complexity index is 76.4. The molecular formula is C4H11NO2Si. The predicted molar refractivity (Wildman–Crippen MR) is 34.8 cm³/mol. The van der Waals surface area contributed by atoms with E-state index in [-0.39, 0.29) is 9.52 Å². The molecule has 0 atom stereocenters. The molecular weight excluding hydrogens is 122 g/mol. The Labute approximate surface area is 51.0 Å². The average molecular weight is 133 g/mol. The maximum Gasteiger partial charge on any atom is 0.404 e. The Morgan fingerprint density at radius 1 is 1.88 bits per heavy atom. The van der Waals surface area contributed by atoms with Gasteiger partial charge in [0.25, 0.3) is 0 Å². The Balaban J connectivity index is 2.82. The highest BCUT2D eigenvalue weighted by Gasteiger charge is 1.89. The molecule has 0 aliphatic carbocycles. The van der Waals surface area contributed by atoms with Crippen molar-refractivity contribution < 1.29 is 9.53 Å². The molecule has 3 nitrogen and oxygen atoms in total. The molecule has 0 fully saturated rings. The van der Waals surface area contributed by atoms with E-state index in [0.717, 1.165) is 6.04 Å². The predicted octanol–water partition coefficient (Wildman–Crippen LogP) is -0.283. The van der Waals surface area contributed by atoms with Crippen LogP contribution in [0.3, 0.4) is 0 Å². The van der Waals surface area contributed by atoms with Crippen LogP contribution >= 0.6 is 0 Å². The molecule has 48 valence electrons. The standard InChI is InChI=1S/C4H11NO2Si/c1-8-3-2-7-4(5)6/h2-3,8H2,1H3,(H2,5,6). The molecule has 0 aliphatic rings. The number of rotatable bonds is 3. The fraction of sp³-hybridized carbons (Fsp3) is 0.750. The van der Waals surface area contributed by atoms with Crippen LogP contribution < -0.4 is 5.73 Å². The summed E-state index contributed by atoms with van der Waals surface area (Å²) in [6.07, 6.45) is -0.660. The number of amides is 1. The molecule has 0 bridgehead atoms. The summed E-state index contributed by atoms with van der Waals surface area (Å²) in [5, 5.41) is 0. The van der Waals surface area contributed by atoms with Crippen molar-refractivity contribution in [1.29, 1.82) is 0 Å². The van der Waals surface area contributed by atoms with E-state index in [1.54, 1.807) is 0 Å². The van der Waals surface area contributed by atoms with Crippen molar-refractivity contribution in [3.63, 3.8) is 0 Å². The first-order valence-electron chi connectivity index (χ1n) is 2.69. The molecule has 0 rings (SSSR count). The molecule has 0 aromatic carbocycles. The van der Waals surface area contributed by atoms with Crippen LogP contribution in [0.25, 0.3) is 0 Å². The number of nitrogens with two attached hydrogens (primary N) is 1. The van der Waals surface area contributed by atoms with Crippen LogP contribution in [-0.4, -0.2) is 22.2 Å². The first-order chi connectivity index (χ1) is 3.77. The van der Waals surface area contributed by atoms with E-state index in [1.807, 2.05) is 0 Å². The van der Waals surface area contributed by atoms with Gasteiger partial charge in [0.15, 0.2) is 0 Å². The molecule has 0 saturated heterocycles. The summed E-state index contributed by atoms with van der Waals surface area (Å²) in [4.78, 5) is 9.89. The fourth-order valence-corrected chi connectivity index (χ4v) is 0.750. The largest absolute Gasteiger partial charge is 0.450 e. The molecule has 1 amide bonds. The highest BCUT2D eigenvalue weighted by atomic mass is 28.2. The molecule has 0 unspecified atom stereocenters. The van der Waals surface area contributed by atoms with Gasteiger partial charge in [-0.2, -0.15) is 0 Å². The fourth-order valence-electron chi connectivity index (χ4n) is 0.317. The maximum atomic E-state index is 9.89. The van der Waals surface area contributed by atoms with Crippen LogP contribution in [0.1, 0.15) is 0 Å². The number of hydrogen-bond acceptors (Lipinski definition) is 2. The summed E-state index contributed by atoms with van der Waals surface area (Å²) in [5.41, 5.74) is 4.69. The number of primary amides is 1. The van der Waals surface area contributed by atoms with E-state index in [9.17, 15) is 4.79 Å². The van der Waals surface area contributed by atoms with Crippen molar-refractivity contribution in [3.8, 4) is 0 Å². The van der Waals surface area contributed by atoms with Gasteiger partial charge in [-0.05, 0) is 6.04 Å². The number of hydrogen-bond donors (Lipinski definition) is 1. The highest BCUT2D eigenvalue weighted by Crippen LogP contribution is 1.79. The second kappa shape index (κ2) is 4.64. The van der Waals surface area contributed by atoms with Crippen molar-refractivity contribution in [2.45, 2.75) is 12.6 Å². The Kier molecular flexibility index (Phi) is 4.34. The molecule has 0 spiro atoms. The van der Waals surface area contributed by atoms with Crippen LogP contribution in [0.15, 0.2) is 0 Å². The minimum Gasteiger partial charge on any atom is -0.450 e. The lowest BCUT2D eigenvalue weighted by atomic mass is 10.8. The van der Waals surface area contributed by atoms with E-state index >= 15 is 0 Å². The third-order valence-corrected chi connectivity index (χ3v) is 1.74. The van der Waals surface area contributed by atoms with Gasteiger partial charge in [-0.3, -0.25) is 0 Å². The second-order valence-corrected chi connectivity index (χ2v) is 3.23. The molecule has 0 saturated carbocycles. The van der Waals surface area contributed by atoms with Gasteiger partial charge in [-0.15, -0.1) is 0 Å². The van der Waals surface area contributed by atoms with Gasteiger partial charge in [-0.25, -0.2) is 4.79 Å².